The summed E-state index contributed by atoms with van der Waals surface area (Å²) in [4.78, 5) is 14.2. The second kappa shape index (κ2) is 9.83. The number of aryl methyl sites for hydroxylation is 1. The maximum Gasteiger partial charge on any atom is 0.140 e. The van der Waals surface area contributed by atoms with Gasteiger partial charge in [-0.3, -0.25) is 9.11 Å². The zero-order valence-corrected chi connectivity index (χ0v) is 23.4. The molecule has 0 radical (unpaired) electrons. The fourth-order valence-electron chi connectivity index (χ4n) is 7.61. The molecule has 4 aliphatic rings. The molecule has 202 valence electrons. The Bertz CT molecular complexity index is 1360. The van der Waals surface area contributed by atoms with Crippen molar-refractivity contribution in [1.82, 2.24) is 19.8 Å². The molecule has 1 aliphatic carbocycles. The van der Waals surface area contributed by atoms with Crippen molar-refractivity contribution in [3.8, 4) is 11.4 Å². The van der Waals surface area contributed by atoms with Gasteiger partial charge in [-0.15, -0.1) is 0 Å². The predicted molar refractivity (Wildman–Crippen MR) is 151 cm³/mol. The minimum Gasteiger partial charge on any atom is -0.338 e. The minimum absolute atomic E-state index is 0.228. The highest BCUT2D eigenvalue weighted by atomic mass is 32.2. The Hall–Kier alpha value is -2.09. The van der Waals surface area contributed by atoms with Gasteiger partial charge in [0.2, 0.25) is 0 Å². The Balaban J connectivity index is 1.03. The molecule has 38 heavy (non-hydrogen) atoms. The van der Waals surface area contributed by atoms with Gasteiger partial charge < -0.3 is 9.88 Å². The number of nitrogens with zero attached hydrogens (tertiary/aromatic N) is 3. The molecule has 0 amide bonds. The largest absolute Gasteiger partial charge is 0.338 e. The van der Waals surface area contributed by atoms with Gasteiger partial charge in [-0.2, -0.15) is 0 Å². The summed E-state index contributed by atoms with van der Waals surface area (Å²) in [5.74, 6) is 1.79. The quantitative estimate of drug-likeness (QED) is 0.422. The Morgan fingerprint density at radius 3 is 2.39 bits per heavy atom. The molecule has 0 spiro atoms. The second-order valence-electron chi connectivity index (χ2n) is 12.4. The molecule has 3 atom stereocenters. The molecular formula is C31H39FN4OS. The molecule has 2 bridgehead atoms. The van der Waals surface area contributed by atoms with Crippen molar-refractivity contribution >= 4 is 21.8 Å². The highest BCUT2D eigenvalue weighted by molar-refractivity contribution is 7.84. The lowest BCUT2D eigenvalue weighted by atomic mass is 9.86. The van der Waals surface area contributed by atoms with E-state index in [0.29, 0.717) is 17.3 Å². The summed E-state index contributed by atoms with van der Waals surface area (Å²) in [6, 6.07) is 11.9. The topological polar surface area (TPSA) is 52.2 Å². The summed E-state index contributed by atoms with van der Waals surface area (Å²) in [6.45, 7) is 5.90. The summed E-state index contributed by atoms with van der Waals surface area (Å²) in [7, 11) is -1.35. The van der Waals surface area contributed by atoms with Crippen molar-refractivity contribution in [3.05, 3.63) is 47.3 Å². The number of rotatable bonds is 6. The highest BCUT2D eigenvalue weighted by Gasteiger charge is 2.44. The van der Waals surface area contributed by atoms with E-state index in [-0.39, 0.29) is 4.90 Å². The minimum atomic E-state index is -1.35. The maximum absolute atomic E-state index is 14.5. The standard InChI is InChI=1S/C31H39FN4OS/c1-19-13-23(15-28-30(19)34-31(33-28)22-5-8-29(38(2)37)27(32)14-22)21-9-11-35(12-10-21)26-16-24-6-7-25(17-26)36(24)18-20-3-4-20/h5,8,13-15,20-21,24-26H,3-4,6-7,9-12,16-18H2,1-2H3,(H,33,34). The third-order valence-electron chi connectivity index (χ3n) is 9.86. The van der Waals surface area contributed by atoms with Gasteiger partial charge in [0.1, 0.15) is 11.6 Å². The maximum atomic E-state index is 14.5. The van der Waals surface area contributed by atoms with E-state index in [4.69, 9.17) is 4.98 Å². The number of halogens is 1. The van der Waals surface area contributed by atoms with Crippen LogP contribution in [-0.2, 0) is 10.8 Å². The van der Waals surface area contributed by atoms with Crippen LogP contribution in [0.4, 0.5) is 4.39 Å². The smallest absolute Gasteiger partial charge is 0.140 e. The van der Waals surface area contributed by atoms with Crippen molar-refractivity contribution in [2.24, 2.45) is 5.92 Å². The van der Waals surface area contributed by atoms with Crippen LogP contribution in [0.15, 0.2) is 35.2 Å². The first-order chi connectivity index (χ1) is 18.4. The number of benzene rings is 2. The molecule has 1 saturated carbocycles. The van der Waals surface area contributed by atoms with Gasteiger partial charge in [-0.25, -0.2) is 9.37 Å². The first-order valence-corrected chi connectivity index (χ1v) is 16.1. The third-order valence-corrected chi connectivity index (χ3v) is 10.8. The normalized spacial score (nSPS) is 27.8. The lowest BCUT2D eigenvalue weighted by molar-refractivity contribution is 0.0438. The number of aromatic amines is 1. The molecule has 2 aromatic carbocycles. The van der Waals surface area contributed by atoms with Crippen LogP contribution in [0.3, 0.4) is 0 Å². The van der Waals surface area contributed by atoms with Crippen LogP contribution in [0.25, 0.3) is 22.4 Å². The molecule has 1 aromatic heterocycles. The lowest BCUT2D eigenvalue weighted by Crippen LogP contribution is -2.52. The first kappa shape index (κ1) is 24.9. The number of aromatic nitrogens is 2. The number of likely N-dealkylation sites (tertiary alicyclic amines) is 1. The van der Waals surface area contributed by atoms with E-state index in [1.54, 1.807) is 12.1 Å². The van der Waals surface area contributed by atoms with Gasteiger partial charge in [0.25, 0.3) is 0 Å². The fourth-order valence-corrected chi connectivity index (χ4v) is 8.20. The average Bonchev–Trinajstić information content (AvgIpc) is 3.57. The van der Waals surface area contributed by atoms with Crippen LogP contribution in [0.2, 0.25) is 0 Å². The third kappa shape index (κ3) is 4.65. The first-order valence-electron chi connectivity index (χ1n) is 14.6. The van der Waals surface area contributed by atoms with Crippen LogP contribution in [0.5, 0.6) is 0 Å². The van der Waals surface area contributed by atoms with Gasteiger partial charge in [0.15, 0.2) is 0 Å². The molecule has 7 rings (SSSR count). The van der Waals surface area contributed by atoms with Crippen LogP contribution in [0.1, 0.15) is 68.4 Å². The molecule has 4 fully saturated rings. The van der Waals surface area contributed by atoms with Gasteiger partial charge >= 0.3 is 0 Å². The van der Waals surface area contributed by atoms with E-state index < -0.39 is 16.6 Å². The van der Waals surface area contributed by atoms with Gasteiger partial charge in [0.05, 0.1) is 26.7 Å². The van der Waals surface area contributed by atoms with Gasteiger partial charge in [-0.05, 0) is 119 Å². The number of hydrogen-bond acceptors (Lipinski definition) is 4. The summed E-state index contributed by atoms with van der Waals surface area (Å²) in [6.07, 6.45) is 12.5. The van der Waals surface area contributed by atoms with Crippen molar-refractivity contribution in [2.45, 2.75) is 87.2 Å². The Morgan fingerprint density at radius 2 is 1.74 bits per heavy atom. The Kier molecular flexibility index (Phi) is 6.44. The molecule has 3 unspecified atom stereocenters. The number of fused-ring (bicyclic) bond motifs is 3. The molecule has 3 aromatic rings. The predicted octanol–water partition coefficient (Wildman–Crippen LogP) is 6.00. The lowest BCUT2D eigenvalue weighted by Gasteiger charge is -2.45. The van der Waals surface area contributed by atoms with E-state index in [9.17, 15) is 8.60 Å². The molecule has 3 saturated heterocycles. The monoisotopic (exact) mass is 534 g/mol. The molecule has 3 aliphatic heterocycles. The number of hydrogen-bond donors (Lipinski definition) is 1. The number of imidazole rings is 1. The van der Waals surface area contributed by atoms with Crippen molar-refractivity contribution < 1.29 is 8.60 Å². The number of piperidine rings is 2. The van der Waals surface area contributed by atoms with E-state index in [1.165, 1.54) is 88.9 Å². The number of nitrogens with one attached hydrogen (secondary N) is 1. The molecule has 7 heteroatoms. The Labute approximate surface area is 227 Å². The van der Waals surface area contributed by atoms with Crippen LogP contribution >= 0.6 is 0 Å². The van der Waals surface area contributed by atoms with Crippen molar-refractivity contribution in [3.63, 3.8) is 0 Å². The zero-order valence-electron chi connectivity index (χ0n) is 22.6. The van der Waals surface area contributed by atoms with Crippen molar-refractivity contribution in [1.29, 1.82) is 0 Å². The molecule has 5 nitrogen and oxygen atoms in total. The summed E-state index contributed by atoms with van der Waals surface area (Å²) in [5, 5.41) is 0. The molecule has 1 N–H and O–H groups in total. The van der Waals surface area contributed by atoms with Gasteiger partial charge in [-0.1, -0.05) is 6.07 Å². The zero-order chi connectivity index (χ0) is 26.0. The fraction of sp³-hybridized carbons (Fsp3) is 0.581. The summed E-state index contributed by atoms with van der Waals surface area (Å²) < 4.78 is 26.2. The summed E-state index contributed by atoms with van der Waals surface area (Å²) in [5.41, 5.74) is 5.19. The Morgan fingerprint density at radius 1 is 1.00 bits per heavy atom. The molecular weight excluding hydrogens is 495 g/mol. The van der Waals surface area contributed by atoms with Gasteiger partial charge in [0, 0.05) is 36.5 Å². The van der Waals surface area contributed by atoms with Crippen LogP contribution in [0, 0.1) is 18.7 Å². The van der Waals surface area contributed by atoms with Crippen molar-refractivity contribution in [2.75, 3.05) is 25.9 Å². The molecule has 4 heterocycles. The SMILES string of the molecule is Cc1cc(C2CCN(C3CC4CCC(C3)N4CC3CC3)CC2)cc2[nH]c(-c3ccc(S(C)=O)c(F)c3)nc12. The number of H-pyrrole nitrogens is 1. The van der Waals surface area contributed by atoms with E-state index in [1.807, 2.05) is 0 Å². The average molecular weight is 535 g/mol. The van der Waals surface area contributed by atoms with E-state index in [2.05, 4.69) is 33.8 Å². The van der Waals surface area contributed by atoms with Crippen LogP contribution in [-0.4, -0.2) is 68.0 Å². The van der Waals surface area contributed by atoms with Crippen LogP contribution < -0.4 is 0 Å². The van der Waals surface area contributed by atoms with E-state index >= 15 is 0 Å². The second-order valence-corrected chi connectivity index (χ2v) is 13.7. The highest BCUT2D eigenvalue weighted by Crippen LogP contribution is 2.42. The van der Waals surface area contributed by atoms with E-state index in [0.717, 1.165) is 40.6 Å². The summed E-state index contributed by atoms with van der Waals surface area (Å²) >= 11 is 0.